The zero-order chi connectivity index (χ0) is 16.6. The van der Waals surface area contributed by atoms with Gasteiger partial charge in [-0.3, -0.25) is 5.32 Å². The smallest absolute Gasteiger partial charge is 0.320 e. The van der Waals surface area contributed by atoms with Crippen LogP contribution in [-0.2, 0) is 0 Å². The number of carbonyl (C=O) groups is 1. The summed E-state index contributed by atoms with van der Waals surface area (Å²) in [6, 6.07) is 4.62. The number of urea groups is 1. The number of nitrogens with zero attached hydrogens (tertiary/aromatic N) is 1. The van der Waals surface area contributed by atoms with E-state index >= 15 is 0 Å². The average molecular weight is 330 g/mol. The van der Waals surface area contributed by atoms with Crippen LogP contribution in [0.5, 0.6) is 0 Å². The molecule has 0 bridgehead atoms. The first-order chi connectivity index (χ1) is 11.8. The first-order valence-corrected chi connectivity index (χ1v) is 9.60. The highest BCUT2D eigenvalue weighted by Gasteiger charge is 2.16. The van der Waals surface area contributed by atoms with E-state index in [9.17, 15) is 4.79 Å². The molecule has 2 fully saturated rings. The van der Waals surface area contributed by atoms with Crippen molar-refractivity contribution in [2.75, 3.05) is 10.6 Å². The second-order valence-corrected chi connectivity index (χ2v) is 7.20. The van der Waals surface area contributed by atoms with E-state index in [4.69, 9.17) is 0 Å². The van der Waals surface area contributed by atoms with Crippen molar-refractivity contribution in [3.63, 3.8) is 0 Å². The summed E-state index contributed by atoms with van der Waals surface area (Å²) in [4.78, 5) is 16.4. The quantitative estimate of drug-likeness (QED) is 0.703. The van der Waals surface area contributed by atoms with Crippen LogP contribution in [-0.4, -0.2) is 23.1 Å². The number of carbonyl (C=O) groups excluding carboxylic acids is 1. The molecule has 132 valence electrons. The molecular formula is C19H30N4O. The highest BCUT2D eigenvalue weighted by Crippen LogP contribution is 2.21. The molecule has 2 aliphatic rings. The molecule has 2 saturated carbocycles. The molecule has 0 atom stereocenters. The van der Waals surface area contributed by atoms with Crippen molar-refractivity contribution in [1.29, 1.82) is 0 Å². The summed E-state index contributed by atoms with van der Waals surface area (Å²) in [7, 11) is 0. The Bertz CT molecular complexity index is 503. The summed E-state index contributed by atoms with van der Waals surface area (Å²) in [5.74, 6) is 0.606. The topological polar surface area (TPSA) is 66.0 Å². The van der Waals surface area contributed by atoms with Crippen LogP contribution in [0.1, 0.15) is 70.6 Å². The van der Waals surface area contributed by atoms with Crippen LogP contribution in [0.2, 0.25) is 0 Å². The van der Waals surface area contributed by atoms with Gasteiger partial charge < -0.3 is 10.6 Å². The molecule has 0 spiro atoms. The van der Waals surface area contributed by atoms with Gasteiger partial charge in [-0.05, 0) is 37.8 Å². The molecule has 2 amide bonds. The van der Waals surface area contributed by atoms with E-state index in [0.29, 0.717) is 17.9 Å². The highest BCUT2D eigenvalue weighted by atomic mass is 16.2. The largest absolute Gasteiger partial charge is 0.381 e. The summed E-state index contributed by atoms with van der Waals surface area (Å²) >= 11 is 0. The van der Waals surface area contributed by atoms with Crippen LogP contribution in [0.15, 0.2) is 18.3 Å². The summed E-state index contributed by atoms with van der Waals surface area (Å²) in [6.45, 7) is 0. The lowest BCUT2D eigenvalue weighted by Gasteiger charge is -2.22. The minimum atomic E-state index is -0.140. The Balaban J connectivity index is 1.45. The number of aromatic nitrogens is 1. The van der Waals surface area contributed by atoms with Crippen molar-refractivity contribution in [3.05, 3.63) is 18.3 Å². The molecule has 3 rings (SSSR count). The van der Waals surface area contributed by atoms with Gasteiger partial charge in [0.25, 0.3) is 0 Å². The minimum Gasteiger partial charge on any atom is -0.381 e. The van der Waals surface area contributed by atoms with Gasteiger partial charge in [-0.2, -0.15) is 0 Å². The first-order valence-electron chi connectivity index (χ1n) is 9.60. The minimum absolute atomic E-state index is 0.140. The Morgan fingerprint density at radius 3 is 2.12 bits per heavy atom. The fourth-order valence-corrected chi connectivity index (χ4v) is 3.80. The Morgan fingerprint density at radius 2 is 1.50 bits per heavy atom. The predicted octanol–water partition coefficient (Wildman–Crippen LogP) is 4.67. The number of pyridine rings is 1. The summed E-state index contributed by atoms with van der Waals surface area (Å²) < 4.78 is 0. The van der Waals surface area contributed by atoms with Gasteiger partial charge in [0, 0.05) is 12.1 Å². The van der Waals surface area contributed by atoms with E-state index < -0.39 is 0 Å². The lowest BCUT2D eigenvalue weighted by atomic mass is 9.96. The molecule has 0 saturated heterocycles. The summed E-state index contributed by atoms with van der Waals surface area (Å²) in [5, 5.41) is 9.47. The van der Waals surface area contributed by atoms with Crippen molar-refractivity contribution in [2.24, 2.45) is 0 Å². The van der Waals surface area contributed by atoms with Crippen LogP contribution in [0.3, 0.4) is 0 Å². The van der Waals surface area contributed by atoms with Gasteiger partial charge in [-0.1, -0.05) is 44.9 Å². The molecular weight excluding hydrogens is 300 g/mol. The van der Waals surface area contributed by atoms with Crippen molar-refractivity contribution < 1.29 is 4.79 Å². The molecule has 3 N–H and O–H groups in total. The summed E-state index contributed by atoms with van der Waals surface area (Å²) in [6.07, 6.45) is 15.5. The second kappa shape index (κ2) is 8.90. The van der Waals surface area contributed by atoms with E-state index in [-0.39, 0.29) is 6.03 Å². The van der Waals surface area contributed by atoms with Gasteiger partial charge in [0.15, 0.2) is 0 Å². The van der Waals surface area contributed by atoms with E-state index in [1.807, 2.05) is 18.3 Å². The van der Waals surface area contributed by atoms with E-state index in [2.05, 4.69) is 20.9 Å². The van der Waals surface area contributed by atoms with Crippen molar-refractivity contribution >= 4 is 17.5 Å². The maximum Gasteiger partial charge on any atom is 0.320 e. The van der Waals surface area contributed by atoms with E-state index in [1.165, 1.54) is 57.8 Å². The number of nitrogens with one attached hydrogen (secondary N) is 3. The van der Waals surface area contributed by atoms with Gasteiger partial charge >= 0.3 is 6.03 Å². The molecule has 1 heterocycles. The zero-order valence-corrected chi connectivity index (χ0v) is 14.5. The normalized spacial score (nSPS) is 20.2. The van der Waals surface area contributed by atoms with Crippen molar-refractivity contribution in [2.45, 2.75) is 82.7 Å². The second-order valence-electron chi connectivity index (χ2n) is 7.20. The standard InChI is InChI=1S/C19H30N4O/c24-19(22-16-10-6-3-7-11-16)23-18-13-12-17(14-20-18)21-15-8-4-1-2-5-9-15/h12-16,21H,1-11H2,(H2,20,22,23,24). The Hall–Kier alpha value is -1.78. The van der Waals surface area contributed by atoms with Crippen LogP contribution < -0.4 is 16.0 Å². The first kappa shape index (κ1) is 17.1. The molecule has 2 aliphatic carbocycles. The Morgan fingerprint density at radius 1 is 0.875 bits per heavy atom. The average Bonchev–Trinajstić information content (AvgIpc) is 2.86. The molecule has 0 unspecified atom stereocenters. The van der Waals surface area contributed by atoms with Gasteiger partial charge in [0.1, 0.15) is 5.82 Å². The molecule has 0 aromatic carbocycles. The molecule has 5 heteroatoms. The van der Waals surface area contributed by atoms with Crippen LogP contribution in [0, 0.1) is 0 Å². The van der Waals surface area contributed by atoms with Crippen molar-refractivity contribution in [1.82, 2.24) is 10.3 Å². The van der Waals surface area contributed by atoms with Gasteiger partial charge in [-0.25, -0.2) is 9.78 Å². The van der Waals surface area contributed by atoms with Crippen LogP contribution in [0.25, 0.3) is 0 Å². The molecule has 0 radical (unpaired) electrons. The Kier molecular flexibility index (Phi) is 6.33. The molecule has 24 heavy (non-hydrogen) atoms. The molecule has 5 nitrogen and oxygen atoms in total. The zero-order valence-electron chi connectivity index (χ0n) is 14.5. The van der Waals surface area contributed by atoms with Gasteiger partial charge in [0.05, 0.1) is 11.9 Å². The fourth-order valence-electron chi connectivity index (χ4n) is 3.80. The summed E-state index contributed by atoms with van der Waals surface area (Å²) in [5.41, 5.74) is 1.04. The van der Waals surface area contributed by atoms with Crippen LogP contribution >= 0.6 is 0 Å². The maximum atomic E-state index is 12.0. The van der Waals surface area contributed by atoms with Crippen LogP contribution in [0.4, 0.5) is 16.3 Å². The monoisotopic (exact) mass is 330 g/mol. The Labute approximate surface area is 145 Å². The number of rotatable bonds is 4. The molecule has 0 aliphatic heterocycles. The third-order valence-corrected chi connectivity index (χ3v) is 5.17. The third-order valence-electron chi connectivity index (χ3n) is 5.17. The maximum absolute atomic E-state index is 12.0. The van der Waals surface area contributed by atoms with E-state index in [0.717, 1.165) is 18.5 Å². The predicted molar refractivity (Wildman–Crippen MR) is 98.4 cm³/mol. The highest BCUT2D eigenvalue weighted by molar-refractivity contribution is 5.88. The number of amides is 2. The SMILES string of the molecule is O=C(Nc1ccc(NC2CCCCCC2)cn1)NC1CCCCC1. The number of hydrogen-bond acceptors (Lipinski definition) is 3. The molecule has 1 aromatic heterocycles. The van der Waals surface area contributed by atoms with E-state index in [1.54, 1.807) is 0 Å². The number of hydrogen-bond donors (Lipinski definition) is 3. The third kappa shape index (κ3) is 5.39. The number of anilines is 2. The van der Waals surface area contributed by atoms with Gasteiger partial charge in [0.2, 0.25) is 0 Å². The van der Waals surface area contributed by atoms with Gasteiger partial charge in [-0.15, -0.1) is 0 Å². The fraction of sp³-hybridized carbons (Fsp3) is 0.684. The molecule has 1 aromatic rings. The van der Waals surface area contributed by atoms with Crippen molar-refractivity contribution in [3.8, 4) is 0 Å². The lowest BCUT2D eigenvalue weighted by Crippen LogP contribution is -2.39. The lowest BCUT2D eigenvalue weighted by molar-refractivity contribution is 0.244.